The van der Waals surface area contributed by atoms with E-state index in [1.54, 1.807) is 0 Å². The van der Waals surface area contributed by atoms with Crippen molar-refractivity contribution in [2.75, 3.05) is 19.8 Å². The van der Waals surface area contributed by atoms with Gasteiger partial charge in [0, 0.05) is 19.4 Å². The molecule has 0 aliphatic carbocycles. The SMILES string of the molecule is CCCCC/C=C\C/C=C\CCCCCCCCCCCCOCC(COC(=O)CCCCCCCCCCCCCCCCCCCCC)OC(=O)CCCCCCCCC/C=C\C/C=C\CCCCC. The van der Waals surface area contributed by atoms with Crippen molar-refractivity contribution in [1.29, 1.82) is 0 Å². The van der Waals surface area contributed by atoms with E-state index in [0.29, 0.717) is 19.4 Å². The molecule has 1 atom stereocenters. The standard InChI is InChI=1S/C67H124O5/c1-4-7-10-13-16-19-22-25-28-31-33-35-38-41-44-47-50-53-56-59-62-70-63-65(72-67(69)61-58-55-52-49-46-43-40-36-30-27-24-21-18-15-12-9-6-3)64-71-66(68)60-57-54-51-48-45-42-39-37-34-32-29-26-23-20-17-14-11-8-5-2/h16,18-19,21,25,27-28,30,65H,4-15,17,20,22-24,26,29,31-64H2,1-3H3/b19-16-,21-18-,28-25-,30-27-. The van der Waals surface area contributed by atoms with E-state index < -0.39 is 6.10 Å². The highest BCUT2D eigenvalue weighted by atomic mass is 16.6. The number of unbranched alkanes of at least 4 members (excludes halogenated alkanes) is 41. The zero-order valence-electron chi connectivity index (χ0n) is 48.7. The third-order valence-electron chi connectivity index (χ3n) is 14.3. The molecule has 0 aromatic heterocycles. The number of hydrogen-bond acceptors (Lipinski definition) is 5. The molecule has 5 nitrogen and oxygen atoms in total. The fourth-order valence-corrected chi connectivity index (χ4v) is 9.52. The van der Waals surface area contributed by atoms with E-state index in [2.05, 4.69) is 69.4 Å². The molecule has 0 amide bonds. The van der Waals surface area contributed by atoms with E-state index in [1.807, 2.05) is 0 Å². The fraction of sp³-hybridized carbons (Fsp3) is 0.851. The molecule has 0 spiro atoms. The highest BCUT2D eigenvalue weighted by Gasteiger charge is 2.18. The number of esters is 2. The lowest BCUT2D eigenvalue weighted by atomic mass is 10.0. The van der Waals surface area contributed by atoms with Gasteiger partial charge in [0.25, 0.3) is 0 Å². The summed E-state index contributed by atoms with van der Waals surface area (Å²) in [6.45, 7) is 7.83. The van der Waals surface area contributed by atoms with E-state index >= 15 is 0 Å². The summed E-state index contributed by atoms with van der Waals surface area (Å²) >= 11 is 0. The minimum Gasteiger partial charge on any atom is -0.462 e. The van der Waals surface area contributed by atoms with Gasteiger partial charge in [-0.1, -0.05) is 294 Å². The summed E-state index contributed by atoms with van der Waals surface area (Å²) in [7, 11) is 0. The fourth-order valence-electron chi connectivity index (χ4n) is 9.52. The van der Waals surface area contributed by atoms with Crippen molar-refractivity contribution in [3.63, 3.8) is 0 Å². The van der Waals surface area contributed by atoms with Crippen LogP contribution >= 0.6 is 0 Å². The summed E-state index contributed by atoms with van der Waals surface area (Å²) in [5.41, 5.74) is 0. The maximum atomic E-state index is 12.9. The van der Waals surface area contributed by atoms with Gasteiger partial charge in [0.15, 0.2) is 6.10 Å². The minimum absolute atomic E-state index is 0.0855. The van der Waals surface area contributed by atoms with Crippen molar-refractivity contribution >= 4 is 11.9 Å². The third kappa shape index (κ3) is 60.4. The van der Waals surface area contributed by atoms with Crippen molar-refractivity contribution in [2.24, 2.45) is 0 Å². The van der Waals surface area contributed by atoms with Crippen LogP contribution in [0.2, 0.25) is 0 Å². The van der Waals surface area contributed by atoms with Crippen LogP contribution in [-0.4, -0.2) is 37.9 Å². The Morgan fingerprint density at radius 2 is 0.583 bits per heavy atom. The predicted octanol–water partition coefficient (Wildman–Crippen LogP) is 22.2. The number of hydrogen-bond donors (Lipinski definition) is 0. The van der Waals surface area contributed by atoms with Crippen LogP contribution in [0.1, 0.15) is 342 Å². The molecule has 0 N–H and O–H groups in total. The number of rotatable bonds is 60. The highest BCUT2D eigenvalue weighted by Crippen LogP contribution is 2.17. The van der Waals surface area contributed by atoms with Crippen LogP contribution in [0.15, 0.2) is 48.6 Å². The number of allylic oxidation sites excluding steroid dienone is 8. The first-order valence-corrected chi connectivity index (χ1v) is 32.2. The highest BCUT2D eigenvalue weighted by molar-refractivity contribution is 5.70. The van der Waals surface area contributed by atoms with Gasteiger partial charge in [-0.25, -0.2) is 0 Å². The zero-order chi connectivity index (χ0) is 52.0. The van der Waals surface area contributed by atoms with Gasteiger partial charge in [-0.2, -0.15) is 0 Å². The second-order valence-electron chi connectivity index (χ2n) is 21.7. The van der Waals surface area contributed by atoms with Gasteiger partial charge in [0.1, 0.15) is 6.61 Å². The summed E-state index contributed by atoms with van der Waals surface area (Å²) in [6.07, 6.45) is 80.0. The van der Waals surface area contributed by atoms with Gasteiger partial charge >= 0.3 is 11.9 Å². The Hall–Kier alpha value is -2.14. The molecular weight excluding hydrogens is 885 g/mol. The number of ether oxygens (including phenoxy) is 3. The van der Waals surface area contributed by atoms with E-state index in [4.69, 9.17) is 14.2 Å². The molecule has 0 bridgehead atoms. The Morgan fingerprint density at radius 3 is 0.944 bits per heavy atom. The van der Waals surface area contributed by atoms with Crippen LogP contribution in [0.5, 0.6) is 0 Å². The minimum atomic E-state index is -0.541. The van der Waals surface area contributed by atoms with Crippen molar-refractivity contribution in [2.45, 2.75) is 348 Å². The molecule has 5 heteroatoms. The zero-order valence-corrected chi connectivity index (χ0v) is 48.7. The van der Waals surface area contributed by atoms with Gasteiger partial charge in [-0.15, -0.1) is 0 Å². The molecule has 0 saturated carbocycles. The van der Waals surface area contributed by atoms with E-state index in [1.165, 1.54) is 250 Å². The predicted molar refractivity (Wildman–Crippen MR) is 316 cm³/mol. The van der Waals surface area contributed by atoms with Crippen LogP contribution in [0, 0.1) is 0 Å². The Labute approximate surface area is 450 Å². The van der Waals surface area contributed by atoms with Crippen molar-refractivity contribution in [1.82, 2.24) is 0 Å². The Bertz CT molecular complexity index is 1190. The molecule has 0 aromatic carbocycles. The smallest absolute Gasteiger partial charge is 0.306 e. The van der Waals surface area contributed by atoms with E-state index in [0.717, 1.165) is 57.8 Å². The summed E-state index contributed by atoms with van der Waals surface area (Å²) < 4.78 is 17.6. The summed E-state index contributed by atoms with van der Waals surface area (Å²) in [5, 5.41) is 0. The average Bonchev–Trinajstić information content (AvgIpc) is 3.38. The molecule has 0 heterocycles. The van der Waals surface area contributed by atoms with Crippen molar-refractivity contribution in [3.05, 3.63) is 48.6 Å². The van der Waals surface area contributed by atoms with Gasteiger partial charge in [-0.3, -0.25) is 9.59 Å². The lowest BCUT2D eigenvalue weighted by molar-refractivity contribution is -0.163. The van der Waals surface area contributed by atoms with Crippen LogP contribution < -0.4 is 0 Å². The molecule has 0 fully saturated rings. The van der Waals surface area contributed by atoms with Gasteiger partial charge in [-0.05, 0) is 83.5 Å². The maximum absolute atomic E-state index is 12.9. The van der Waals surface area contributed by atoms with Crippen molar-refractivity contribution < 1.29 is 23.8 Å². The van der Waals surface area contributed by atoms with Crippen molar-refractivity contribution in [3.8, 4) is 0 Å². The first-order valence-electron chi connectivity index (χ1n) is 32.2. The summed E-state index contributed by atoms with van der Waals surface area (Å²) in [4.78, 5) is 25.6. The Balaban J connectivity index is 4.25. The Morgan fingerprint density at radius 1 is 0.306 bits per heavy atom. The van der Waals surface area contributed by atoms with Gasteiger partial charge < -0.3 is 14.2 Å². The molecule has 0 radical (unpaired) electrons. The monoisotopic (exact) mass is 1010 g/mol. The molecule has 0 saturated heterocycles. The lowest BCUT2D eigenvalue weighted by Gasteiger charge is -2.18. The molecule has 0 aromatic rings. The largest absolute Gasteiger partial charge is 0.462 e. The van der Waals surface area contributed by atoms with Crippen LogP contribution in [-0.2, 0) is 23.8 Å². The molecule has 1 unspecified atom stereocenters. The van der Waals surface area contributed by atoms with Gasteiger partial charge in [0.2, 0.25) is 0 Å². The quantitative estimate of drug-likeness (QED) is 0.0345. The summed E-state index contributed by atoms with van der Waals surface area (Å²) in [6, 6.07) is 0. The second kappa shape index (κ2) is 63.2. The summed E-state index contributed by atoms with van der Waals surface area (Å²) in [5.74, 6) is -0.386. The van der Waals surface area contributed by atoms with E-state index in [-0.39, 0.29) is 25.2 Å². The second-order valence-corrected chi connectivity index (χ2v) is 21.7. The molecule has 0 aliphatic heterocycles. The normalized spacial score (nSPS) is 12.4. The number of carbonyl (C=O) groups is 2. The Kier molecular flexibility index (Phi) is 61.3. The molecule has 72 heavy (non-hydrogen) atoms. The topological polar surface area (TPSA) is 61.8 Å². The first-order chi connectivity index (χ1) is 35.6. The molecule has 0 rings (SSSR count). The number of carbonyl (C=O) groups excluding carboxylic acids is 2. The molecule has 0 aliphatic rings. The average molecular weight is 1010 g/mol. The first kappa shape index (κ1) is 69.9. The van der Waals surface area contributed by atoms with Gasteiger partial charge in [0.05, 0.1) is 6.61 Å². The van der Waals surface area contributed by atoms with Crippen LogP contribution in [0.3, 0.4) is 0 Å². The molecule has 422 valence electrons. The third-order valence-corrected chi connectivity index (χ3v) is 14.3. The van der Waals surface area contributed by atoms with Crippen LogP contribution in [0.4, 0.5) is 0 Å². The maximum Gasteiger partial charge on any atom is 0.306 e. The molecular formula is C67H124O5. The van der Waals surface area contributed by atoms with Crippen LogP contribution in [0.25, 0.3) is 0 Å². The van der Waals surface area contributed by atoms with E-state index in [9.17, 15) is 9.59 Å². The lowest BCUT2D eigenvalue weighted by Crippen LogP contribution is -2.30.